The van der Waals surface area contributed by atoms with E-state index in [1.54, 1.807) is 12.3 Å². The summed E-state index contributed by atoms with van der Waals surface area (Å²) in [7, 11) is 0. The number of rotatable bonds is 5. The molecule has 1 fully saturated rings. The van der Waals surface area contributed by atoms with E-state index in [2.05, 4.69) is 15.2 Å². The summed E-state index contributed by atoms with van der Waals surface area (Å²) in [5, 5.41) is 3.68. The van der Waals surface area contributed by atoms with E-state index >= 15 is 0 Å². The Morgan fingerprint density at radius 3 is 2.75 bits per heavy atom. The summed E-state index contributed by atoms with van der Waals surface area (Å²) in [5.74, 6) is 0.180. The first kappa shape index (κ1) is 16.6. The minimum absolute atomic E-state index is 0.0558. The molecule has 2 aromatic rings. The zero-order valence-electron chi connectivity index (χ0n) is 13.5. The van der Waals surface area contributed by atoms with Crippen molar-refractivity contribution in [1.29, 1.82) is 0 Å². The topological polar surface area (TPSA) is 65.2 Å². The summed E-state index contributed by atoms with van der Waals surface area (Å²) >= 11 is 5.92. The molecule has 0 bridgehead atoms. The number of aromatic nitrogens is 1. The van der Waals surface area contributed by atoms with Crippen molar-refractivity contribution in [3.8, 4) is 0 Å². The van der Waals surface area contributed by atoms with Gasteiger partial charge < -0.3 is 15.2 Å². The molecule has 0 radical (unpaired) electrons. The van der Waals surface area contributed by atoms with E-state index in [1.807, 2.05) is 24.3 Å². The van der Waals surface area contributed by atoms with Crippen LogP contribution in [0.4, 0.5) is 5.69 Å². The van der Waals surface area contributed by atoms with Crippen LogP contribution in [0, 0.1) is 5.92 Å². The first-order chi connectivity index (χ1) is 11.5. The fraction of sp³-hybridized carbons (Fsp3) is 0.333. The number of ketones is 1. The summed E-state index contributed by atoms with van der Waals surface area (Å²) in [4.78, 5) is 28.6. The Bertz CT molecular complexity index is 739. The van der Waals surface area contributed by atoms with Crippen molar-refractivity contribution in [3.05, 3.63) is 52.8 Å². The maximum Gasteiger partial charge on any atom is 0.267 e. The van der Waals surface area contributed by atoms with Crippen molar-refractivity contribution in [2.75, 3.05) is 24.5 Å². The Labute approximate surface area is 146 Å². The summed E-state index contributed by atoms with van der Waals surface area (Å²) in [6.45, 7) is 3.98. The number of nitrogens with one attached hydrogen (secondary N) is 2. The number of nitrogens with zero attached hydrogens (tertiary/aromatic N) is 1. The molecule has 1 aromatic carbocycles. The average molecular weight is 346 g/mol. The van der Waals surface area contributed by atoms with Crippen LogP contribution in [-0.2, 0) is 0 Å². The molecule has 1 atom stereocenters. The fourth-order valence-electron chi connectivity index (χ4n) is 2.95. The van der Waals surface area contributed by atoms with Crippen LogP contribution in [0.3, 0.4) is 0 Å². The minimum atomic E-state index is -0.174. The first-order valence-electron chi connectivity index (χ1n) is 8.01. The van der Waals surface area contributed by atoms with Crippen LogP contribution in [0.5, 0.6) is 0 Å². The standard InChI is InChI=1S/C18H20ClN3O2/c1-12(23)14-8-17(20-10-14)18(24)21-9-13-6-7-22(11-13)16-4-2-15(19)3-5-16/h2-5,8,10,13,20H,6-7,9,11H2,1H3,(H,21,24)/t13-/m0/s1. The predicted molar refractivity (Wildman–Crippen MR) is 94.9 cm³/mol. The molecule has 5 nitrogen and oxygen atoms in total. The van der Waals surface area contributed by atoms with Gasteiger partial charge in [-0.25, -0.2) is 0 Å². The third-order valence-electron chi connectivity index (χ3n) is 4.36. The third-order valence-corrected chi connectivity index (χ3v) is 4.62. The Hall–Kier alpha value is -2.27. The molecule has 0 aliphatic carbocycles. The quantitative estimate of drug-likeness (QED) is 0.818. The number of H-pyrrole nitrogens is 1. The molecule has 1 aromatic heterocycles. The first-order valence-corrected chi connectivity index (χ1v) is 8.39. The van der Waals surface area contributed by atoms with Crippen molar-refractivity contribution in [1.82, 2.24) is 10.3 Å². The van der Waals surface area contributed by atoms with E-state index in [0.717, 1.165) is 30.2 Å². The largest absolute Gasteiger partial charge is 0.371 e. The van der Waals surface area contributed by atoms with E-state index in [4.69, 9.17) is 11.6 Å². The lowest BCUT2D eigenvalue weighted by Crippen LogP contribution is -2.31. The highest BCUT2D eigenvalue weighted by Gasteiger charge is 2.23. The van der Waals surface area contributed by atoms with E-state index in [9.17, 15) is 9.59 Å². The smallest absolute Gasteiger partial charge is 0.267 e. The van der Waals surface area contributed by atoms with Gasteiger partial charge in [0.2, 0.25) is 0 Å². The van der Waals surface area contributed by atoms with E-state index in [0.29, 0.717) is 23.7 Å². The Balaban J connectivity index is 1.51. The van der Waals surface area contributed by atoms with Gasteiger partial charge >= 0.3 is 0 Å². The normalized spacial score (nSPS) is 17.1. The molecule has 1 aliphatic heterocycles. The van der Waals surface area contributed by atoms with Crippen molar-refractivity contribution in [2.24, 2.45) is 5.92 Å². The molecule has 2 heterocycles. The number of aromatic amines is 1. The number of hydrogen-bond acceptors (Lipinski definition) is 3. The summed E-state index contributed by atoms with van der Waals surface area (Å²) < 4.78 is 0. The number of halogens is 1. The van der Waals surface area contributed by atoms with Gasteiger partial charge in [-0.05, 0) is 49.6 Å². The van der Waals surface area contributed by atoms with Gasteiger partial charge in [-0.15, -0.1) is 0 Å². The highest BCUT2D eigenvalue weighted by molar-refractivity contribution is 6.30. The Morgan fingerprint density at radius 1 is 1.33 bits per heavy atom. The summed E-state index contributed by atoms with van der Waals surface area (Å²) in [5.41, 5.74) is 2.10. The van der Waals surface area contributed by atoms with Gasteiger partial charge in [0, 0.05) is 42.1 Å². The molecule has 1 saturated heterocycles. The zero-order chi connectivity index (χ0) is 17.1. The minimum Gasteiger partial charge on any atom is -0.371 e. The van der Waals surface area contributed by atoms with Gasteiger partial charge in [-0.1, -0.05) is 11.6 Å². The monoisotopic (exact) mass is 345 g/mol. The van der Waals surface area contributed by atoms with E-state index < -0.39 is 0 Å². The lowest BCUT2D eigenvalue weighted by atomic mass is 10.1. The number of amides is 1. The molecule has 1 amide bonds. The third kappa shape index (κ3) is 3.79. The van der Waals surface area contributed by atoms with Crippen molar-refractivity contribution in [3.63, 3.8) is 0 Å². The van der Waals surface area contributed by atoms with Gasteiger partial charge in [0.1, 0.15) is 5.69 Å². The number of anilines is 1. The molecule has 2 N–H and O–H groups in total. The number of hydrogen-bond donors (Lipinski definition) is 2. The maximum absolute atomic E-state index is 12.1. The molecule has 0 saturated carbocycles. The number of benzene rings is 1. The number of carbonyl (C=O) groups is 2. The molecule has 126 valence electrons. The molecule has 0 spiro atoms. The molecule has 1 aliphatic rings. The lowest BCUT2D eigenvalue weighted by molar-refractivity contribution is 0.0943. The van der Waals surface area contributed by atoms with Crippen LogP contribution >= 0.6 is 11.6 Å². The van der Waals surface area contributed by atoms with Gasteiger partial charge in [0.05, 0.1) is 0 Å². The van der Waals surface area contributed by atoms with Crippen molar-refractivity contribution < 1.29 is 9.59 Å². The van der Waals surface area contributed by atoms with Gasteiger partial charge in [0.15, 0.2) is 5.78 Å². The van der Waals surface area contributed by atoms with Crippen molar-refractivity contribution >= 4 is 29.0 Å². The molecule has 3 rings (SSSR count). The van der Waals surface area contributed by atoms with Crippen LogP contribution < -0.4 is 10.2 Å². The number of Topliss-reactive ketones (excluding diaryl/α,β-unsaturated/α-hetero) is 1. The highest BCUT2D eigenvalue weighted by atomic mass is 35.5. The number of carbonyl (C=O) groups excluding carboxylic acids is 2. The summed E-state index contributed by atoms with van der Waals surface area (Å²) in [6.07, 6.45) is 2.60. The maximum atomic E-state index is 12.1. The second-order valence-corrected chi connectivity index (χ2v) is 6.58. The lowest BCUT2D eigenvalue weighted by Gasteiger charge is -2.19. The molecule has 24 heavy (non-hydrogen) atoms. The average Bonchev–Trinajstić information content (AvgIpc) is 3.23. The molecular formula is C18H20ClN3O2. The van der Waals surface area contributed by atoms with Gasteiger partial charge in [-0.3, -0.25) is 9.59 Å². The van der Waals surface area contributed by atoms with Crippen LogP contribution in [0.25, 0.3) is 0 Å². The summed E-state index contributed by atoms with van der Waals surface area (Å²) in [6, 6.07) is 9.41. The Morgan fingerprint density at radius 2 is 2.08 bits per heavy atom. The van der Waals surface area contributed by atoms with E-state index in [1.165, 1.54) is 6.92 Å². The van der Waals surface area contributed by atoms with Crippen LogP contribution in [0.15, 0.2) is 36.5 Å². The molecular weight excluding hydrogens is 326 g/mol. The predicted octanol–water partition coefficient (Wildman–Crippen LogP) is 3.13. The van der Waals surface area contributed by atoms with Crippen LogP contribution in [0.2, 0.25) is 5.02 Å². The van der Waals surface area contributed by atoms with Gasteiger partial charge in [-0.2, -0.15) is 0 Å². The fourth-order valence-corrected chi connectivity index (χ4v) is 3.07. The van der Waals surface area contributed by atoms with Gasteiger partial charge in [0.25, 0.3) is 5.91 Å². The van der Waals surface area contributed by atoms with Crippen molar-refractivity contribution in [2.45, 2.75) is 13.3 Å². The Kier molecular flexibility index (Phi) is 4.90. The van der Waals surface area contributed by atoms with E-state index in [-0.39, 0.29) is 11.7 Å². The zero-order valence-corrected chi connectivity index (χ0v) is 14.3. The molecule has 0 unspecified atom stereocenters. The van der Waals surface area contributed by atoms with Crippen LogP contribution in [0.1, 0.15) is 34.2 Å². The SMILES string of the molecule is CC(=O)c1c[nH]c(C(=O)NC[C@@H]2CCN(c3ccc(Cl)cc3)C2)c1. The molecule has 6 heteroatoms. The van der Waals surface area contributed by atoms with Crippen LogP contribution in [-0.4, -0.2) is 36.3 Å². The highest BCUT2D eigenvalue weighted by Crippen LogP contribution is 2.24. The second-order valence-electron chi connectivity index (χ2n) is 6.15. The second kappa shape index (κ2) is 7.09.